The van der Waals surface area contributed by atoms with Gasteiger partial charge in [-0.15, -0.1) is 0 Å². The van der Waals surface area contributed by atoms with E-state index in [1.807, 2.05) is 73.7 Å². The largest absolute Gasteiger partial charge is 0.494 e. The maximum Gasteiger partial charge on any atom is 0.265 e. The minimum Gasteiger partial charge on any atom is -0.494 e. The van der Waals surface area contributed by atoms with Crippen molar-refractivity contribution in [1.82, 2.24) is 4.57 Å². The second-order valence-corrected chi connectivity index (χ2v) is 7.00. The Hall–Kier alpha value is -3.66. The SMILES string of the molecule is CCc1ccccc1N=Cc1c(O)n(-c2cccc(C)c2)c(=O)c2ccccc12. The fraction of sp³-hybridized carbons (Fsp3) is 0.120. The van der Waals surface area contributed by atoms with Crippen molar-refractivity contribution < 1.29 is 5.11 Å². The normalized spacial score (nSPS) is 11.4. The van der Waals surface area contributed by atoms with E-state index in [-0.39, 0.29) is 11.4 Å². The van der Waals surface area contributed by atoms with Gasteiger partial charge in [0.05, 0.1) is 16.9 Å². The van der Waals surface area contributed by atoms with Crippen LogP contribution in [-0.2, 0) is 6.42 Å². The number of rotatable bonds is 4. The number of hydrogen-bond acceptors (Lipinski definition) is 3. The van der Waals surface area contributed by atoms with Gasteiger partial charge in [0.2, 0.25) is 5.88 Å². The van der Waals surface area contributed by atoms with Gasteiger partial charge in [-0.25, -0.2) is 4.57 Å². The second-order valence-electron chi connectivity index (χ2n) is 7.00. The van der Waals surface area contributed by atoms with Crippen molar-refractivity contribution in [3.8, 4) is 11.6 Å². The molecular weight excluding hydrogens is 360 g/mol. The van der Waals surface area contributed by atoms with Gasteiger partial charge in [0, 0.05) is 17.0 Å². The molecule has 144 valence electrons. The Balaban J connectivity index is 1.99. The number of nitrogens with zero attached hydrogens (tertiary/aromatic N) is 2. The molecule has 0 aliphatic carbocycles. The molecule has 4 aromatic rings. The summed E-state index contributed by atoms with van der Waals surface area (Å²) in [5, 5.41) is 12.3. The lowest BCUT2D eigenvalue weighted by atomic mass is 10.1. The highest BCUT2D eigenvalue weighted by Crippen LogP contribution is 2.27. The van der Waals surface area contributed by atoms with Gasteiger partial charge in [0.15, 0.2) is 0 Å². The van der Waals surface area contributed by atoms with Crippen LogP contribution in [0.2, 0.25) is 0 Å². The van der Waals surface area contributed by atoms with E-state index in [4.69, 9.17) is 0 Å². The van der Waals surface area contributed by atoms with Crippen LogP contribution in [0.1, 0.15) is 23.6 Å². The highest BCUT2D eigenvalue weighted by molar-refractivity contribution is 6.02. The van der Waals surface area contributed by atoms with Gasteiger partial charge in [-0.2, -0.15) is 0 Å². The third kappa shape index (κ3) is 3.45. The number of aromatic hydroxyl groups is 1. The minimum atomic E-state index is -0.255. The fourth-order valence-electron chi connectivity index (χ4n) is 3.57. The molecule has 0 aliphatic rings. The van der Waals surface area contributed by atoms with E-state index < -0.39 is 0 Å². The standard InChI is InChI=1S/C25H22N2O2/c1-3-18-10-4-7-14-23(18)26-16-22-20-12-5-6-13-21(20)24(28)27(25(22)29)19-11-8-9-17(2)15-19/h4-16,29H,3H2,1-2H3. The number of aromatic nitrogens is 1. The first kappa shape index (κ1) is 18.7. The van der Waals surface area contributed by atoms with E-state index >= 15 is 0 Å². The molecule has 0 fully saturated rings. The third-order valence-corrected chi connectivity index (χ3v) is 5.07. The Morgan fingerprint density at radius 2 is 1.69 bits per heavy atom. The summed E-state index contributed by atoms with van der Waals surface area (Å²) in [7, 11) is 0. The molecule has 29 heavy (non-hydrogen) atoms. The Labute approximate surface area is 169 Å². The van der Waals surface area contributed by atoms with Crippen LogP contribution in [0, 0.1) is 6.92 Å². The summed E-state index contributed by atoms with van der Waals surface area (Å²) in [5.41, 5.74) is 3.88. The summed E-state index contributed by atoms with van der Waals surface area (Å²) in [4.78, 5) is 17.8. The highest BCUT2D eigenvalue weighted by Gasteiger charge is 2.16. The van der Waals surface area contributed by atoms with Crippen molar-refractivity contribution >= 4 is 22.7 Å². The lowest BCUT2D eigenvalue weighted by molar-refractivity contribution is 0.436. The first-order valence-corrected chi connectivity index (χ1v) is 9.66. The number of aryl methyl sites for hydroxylation is 2. The Bertz CT molecular complexity index is 1290. The zero-order valence-electron chi connectivity index (χ0n) is 16.5. The average molecular weight is 382 g/mol. The van der Waals surface area contributed by atoms with Crippen molar-refractivity contribution in [2.75, 3.05) is 0 Å². The molecule has 0 radical (unpaired) electrons. The average Bonchev–Trinajstić information content (AvgIpc) is 2.74. The molecule has 0 atom stereocenters. The van der Waals surface area contributed by atoms with E-state index in [0.717, 1.165) is 23.2 Å². The van der Waals surface area contributed by atoms with Crippen LogP contribution in [0.15, 0.2) is 82.6 Å². The number of benzene rings is 3. The van der Waals surface area contributed by atoms with Gasteiger partial charge in [-0.3, -0.25) is 9.79 Å². The van der Waals surface area contributed by atoms with Crippen LogP contribution in [-0.4, -0.2) is 15.9 Å². The molecule has 1 aromatic heterocycles. The molecule has 0 saturated carbocycles. The van der Waals surface area contributed by atoms with E-state index in [0.29, 0.717) is 22.0 Å². The monoisotopic (exact) mass is 382 g/mol. The molecule has 4 heteroatoms. The molecule has 3 aromatic carbocycles. The van der Waals surface area contributed by atoms with Crippen LogP contribution < -0.4 is 5.56 Å². The Kier molecular flexibility index (Phi) is 5.00. The lowest BCUT2D eigenvalue weighted by Crippen LogP contribution is -2.20. The lowest BCUT2D eigenvalue weighted by Gasteiger charge is -2.14. The molecule has 1 N–H and O–H groups in total. The number of pyridine rings is 1. The quantitative estimate of drug-likeness (QED) is 0.486. The summed E-state index contributed by atoms with van der Waals surface area (Å²) < 4.78 is 1.35. The number of fused-ring (bicyclic) bond motifs is 1. The van der Waals surface area contributed by atoms with Crippen LogP contribution in [0.5, 0.6) is 5.88 Å². The van der Waals surface area contributed by atoms with Gasteiger partial charge in [-0.05, 0) is 48.7 Å². The molecule has 1 heterocycles. The molecule has 0 amide bonds. The molecule has 0 bridgehead atoms. The van der Waals surface area contributed by atoms with Crippen molar-refractivity contribution in [2.45, 2.75) is 20.3 Å². The van der Waals surface area contributed by atoms with Gasteiger partial charge >= 0.3 is 0 Å². The first-order chi connectivity index (χ1) is 14.1. The summed E-state index contributed by atoms with van der Waals surface area (Å²) >= 11 is 0. The van der Waals surface area contributed by atoms with E-state index in [1.165, 1.54) is 4.57 Å². The van der Waals surface area contributed by atoms with Gasteiger partial charge < -0.3 is 5.11 Å². The number of hydrogen-bond donors (Lipinski definition) is 1. The van der Waals surface area contributed by atoms with E-state index in [1.54, 1.807) is 12.3 Å². The van der Waals surface area contributed by atoms with Crippen molar-refractivity contribution in [2.24, 2.45) is 4.99 Å². The third-order valence-electron chi connectivity index (χ3n) is 5.07. The smallest absolute Gasteiger partial charge is 0.265 e. The van der Waals surface area contributed by atoms with Crippen LogP contribution in [0.25, 0.3) is 16.5 Å². The van der Waals surface area contributed by atoms with Crippen LogP contribution in [0.4, 0.5) is 5.69 Å². The molecular formula is C25H22N2O2. The minimum absolute atomic E-state index is 0.114. The zero-order chi connectivity index (χ0) is 20.4. The summed E-state index contributed by atoms with van der Waals surface area (Å²) in [6, 6.07) is 22.7. The maximum absolute atomic E-state index is 13.1. The molecule has 0 unspecified atom stereocenters. The van der Waals surface area contributed by atoms with Crippen molar-refractivity contribution in [3.05, 3.63) is 99.8 Å². The molecule has 0 aliphatic heterocycles. The summed E-state index contributed by atoms with van der Waals surface area (Å²) in [6.07, 6.45) is 2.51. The van der Waals surface area contributed by atoms with E-state index in [9.17, 15) is 9.90 Å². The summed E-state index contributed by atoms with van der Waals surface area (Å²) in [5.74, 6) is -0.114. The predicted octanol–water partition coefficient (Wildman–Crippen LogP) is 5.32. The number of aliphatic imine (C=N–C) groups is 1. The van der Waals surface area contributed by atoms with Crippen LogP contribution >= 0.6 is 0 Å². The number of para-hydroxylation sites is 1. The topological polar surface area (TPSA) is 54.6 Å². The van der Waals surface area contributed by atoms with E-state index in [2.05, 4.69) is 11.9 Å². The highest BCUT2D eigenvalue weighted by atomic mass is 16.3. The Morgan fingerprint density at radius 3 is 2.45 bits per heavy atom. The Morgan fingerprint density at radius 1 is 0.966 bits per heavy atom. The molecule has 0 spiro atoms. The molecule has 4 nitrogen and oxygen atoms in total. The van der Waals surface area contributed by atoms with Crippen molar-refractivity contribution in [1.29, 1.82) is 0 Å². The molecule has 0 saturated heterocycles. The first-order valence-electron chi connectivity index (χ1n) is 9.66. The van der Waals surface area contributed by atoms with Gasteiger partial charge in [0.1, 0.15) is 0 Å². The maximum atomic E-state index is 13.1. The zero-order valence-corrected chi connectivity index (χ0v) is 16.5. The fourth-order valence-corrected chi connectivity index (χ4v) is 3.57. The van der Waals surface area contributed by atoms with Gasteiger partial charge in [0.25, 0.3) is 5.56 Å². The van der Waals surface area contributed by atoms with Crippen molar-refractivity contribution in [3.63, 3.8) is 0 Å². The molecule has 4 rings (SSSR count). The van der Waals surface area contributed by atoms with Gasteiger partial charge in [-0.1, -0.05) is 55.5 Å². The van der Waals surface area contributed by atoms with Crippen LogP contribution in [0.3, 0.4) is 0 Å². The second kappa shape index (κ2) is 7.76. The predicted molar refractivity (Wildman–Crippen MR) is 119 cm³/mol. The summed E-state index contributed by atoms with van der Waals surface area (Å²) in [6.45, 7) is 4.04.